The van der Waals surface area contributed by atoms with Crippen molar-refractivity contribution >= 4 is 27.6 Å². The standard InChI is InChI=1S/C14H12N2O2S2/c15-14-13-10(9-20(17,18)16-14)5-4-8-12(13)19-11-6-2-1-3-7-11/h1-8H,9H2,(H2,15,16). The second kappa shape index (κ2) is 4.96. The van der Waals surface area contributed by atoms with Gasteiger partial charge in [0, 0.05) is 15.4 Å². The van der Waals surface area contributed by atoms with Gasteiger partial charge < -0.3 is 5.73 Å². The summed E-state index contributed by atoms with van der Waals surface area (Å²) in [6, 6.07) is 15.4. The number of hydrogen-bond donors (Lipinski definition) is 1. The van der Waals surface area contributed by atoms with E-state index in [1.807, 2.05) is 42.5 Å². The molecule has 0 spiro atoms. The van der Waals surface area contributed by atoms with Crippen LogP contribution >= 0.6 is 11.8 Å². The lowest BCUT2D eigenvalue weighted by molar-refractivity contribution is 0.596. The van der Waals surface area contributed by atoms with Crippen LogP contribution in [-0.2, 0) is 15.8 Å². The maximum atomic E-state index is 11.6. The molecule has 6 heteroatoms. The van der Waals surface area contributed by atoms with Gasteiger partial charge in [-0.15, -0.1) is 4.40 Å². The third kappa shape index (κ3) is 2.57. The minimum atomic E-state index is -3.48. The average Bonchev–Trinajstić information content (AvgIpc) is 2.38. The molecule has 1 aliphatic rings. The molecule has 20 heavy (non-hydrogen) atoms. The highest BCUT2D eigenvalue weighted by molar-refractivity contribution is 7.99. The van der Waals surface area contributed by atoms with Gasteiger partial charge in [-0.1, -0.05) is 42.1 Å². The Morgan fingerprint density at radius 1 is 1.05 bits per heavy atom. The molecule has 1 aliphatic heterocycles. The van der Waals surface area contributed by atoms with Crippen molar-refractivity contribution in [2.75, 3.05) is 0 Å². The zero-order valence-electron chi connectivity index (χ0n) is 10.5. The fraction of sp³-hybridized carbons (Fsp3) is 0.0714. The van der Waals surface area contributed by atoms with Gasteiger partial charge in [-0.2, -0.15) is 0 Å². The van der Waals surface area contributed by atoms with Crippen LogP contribution in [0.25, 0.3) is 0 Å². The van der Waals surface area contributed by atoms with E-state index in [1.54, 1.807) is 17.8 Å². The van der Waals surface area contributed by atoms with Crippen LogP contribution < -0.4 is 5.73 Å². The Kier molecular flexibility index (Phi) is 3.27. The van der Waals surface area contributed by atoms with E-state index in [4.69, 9.17) is 5.73 Å². The second-order valence-electron chi connectivity index (χ2n) is 4.41. The van der Waals surface area contributed by atoms with Gasteiger partial charge in [0.25, 0.3) is 10.0 Å². The molecule has 0 unspecified atom stereocenters. The van der Waals surface area contributed by atoms with Crippen molar-refractivity contribution in [3.05, 3.63) is 59.7 Å². The van der Waals surface area contributed by atoms with Gasteiger partial charge in [-0.3, -0.25) is 0 Å². The zero-order chi connectivity index (χ0) is 14.2. The van der Waals surface area contributed by atoms with E-state index < -0.39 is 10.0 Å². The minimum Gasteiger partial charge on any atom is -0.382 e. The fourth-order valence-corrected chi connectivity index (χ4v) is 4.23. The summed E-state index contributed by atoms with van der Waals surface area (Å²) in [6.45, 7) is 0. The molecule has 0 fully saturated rings. The van der Waals surface area contributed by atoms with Crippen LogP contribution in [0.3, 0.4) is 0 Å². The molecule has 2 aromatic carbocycles. The Bertz CT molecular complexity index is 784. The van der Waals surface area contributed by atoms with Gasteiger partial charge in [0.15, 0.2) is 0 Å². The van der Waals surface area contributed by atoms with Crippen LogP contribution in [0.5, 0.6) is 0 Å². The van der Waals surface area contributed by atoms with Crippen molar-refractivity contribution in [1.29, 1.82) is 0 Å². The maximum Gasteiger partial charge on any atom is 0.259 e. The summed E-state index contributed by atoms with van der Waals surface area (Å²) in [5.74, 6) is -0.0167. The number of nitrogens with two attached hydrogens (primary N) is 1. The normalized spacial score (nSPS) is 16.3. The average molecular weight is 304 g/mol. The van der Waals surface area contributed by atoms with E-state index in [1.165, 1.54) is 0 Å². The quantitative estimate of drug-likeness (QED) is 0.924. The predicted molar refractivity (Wildman–Crippen MR) is 80.4 cm³/mol. The summed E-state index contributed by atoms with van der Waals surface area (Å²) >= 11 is 1.55. The lowest BCUT2D eigenvalue weighted by Gasteiger charge is -2.17. The Morgan fingerprint density at radius 3 is 2.55 bits per heavy atom. The third-order valence-corrected chi connectivity index (χ3v) is 5.13. The molecule has 4 nitrogen and oxygen atoms in total. The van der Waals surface area contributed by atoms with E-state index in [-0.39, 0.29) is 11.6 Å². The molecule has 0 aromatic heterocycles. The fourth-order valence-electron chi connectivity index (χ4n) is 2.11. The summed E-state index contributed by atoms with van der Waals surface area (Å²) in [5.41, 5.74) is 7.27. The van der Waals surface area contributed by atoms with Gasteiger partial charge in [0.1, 0.15) is 5.84 Å². The number of hydrogen-bond acceptors (Lipinski definition) is 4. The van der Waals surface area contributed by atoms with E-state index in [2.05, 4.69) is 4.40 Å². The Labute approximate surface area is 121 Å². The van der Waals surface area contributed by atoms with Gasteiger partial charge in [0.05, 0.1) is 5.75 Å². The number of nitrogens with zero attached hydrogens (tertiary/aromatic N) is 1. The van der Waals surface area contributed by atoms with Crippen LogP contribution in [0.2, 0.25) is 0 Å². The Balaban J connectivity index is 2.07. The van der Waals surface area contributed by atoms with Crippen molar-refractivity contribution in [3.8, 4) is 0 Å². The zero-order valence-corrected chi connectivity index (χ0v) is 12.1. The van der Waals surface area contributed by atoms with Gasteiger partial charge in [-0.05, 0) is 23.8 Å². The van der Waals surface area contributed by atoms with Gasteiger partial charge in [0.2, 0.25) is 0 Å². The van der Waals surface area contributed by atoms with Crippen molar-refractivity contribution in [3.63, 3.8) is 0 Å². The molecule has 3 rings (SSSR count). The first-order chi connectivity index (χ1) is 9.55. The predicted octanol–water partition coefficient (Wildman–Crippen LogP) is 2.39. The molecule has 0 saturated carbocycles. The summed E-state index contributed by atoms with van der Waals surface area (Å²) < 4.78 is 26.8. The van der Waals surface area contributed by atoms with Crippen LogP contribution in [0.15, 0.2) is 62.7 Å². The first kappa shape index (κ1) is 13.2. The first-order valence-electron chi connectivity index (χ1n) is 5.98. The van der Waals surface area contributed by atoms with E-state index in [0.717, 1.165) is 15.4 Å². The van der Waals surface area contributed by atoms with Crippen molar-refractivity contribution in [1.82, 2.24) is 0 Å². The van der Waals surface area contributed by atoms with E-state index in [9.17, 15) is 8.42 Å². The van der Waals surface area contributed by atoms with Gasteiger partial charge >= 0.3 is 0 Å². The summed E-state index contributed by atoms with van der Waals surface area (Å²) in [4.78, 5) is 1.99. The highest BCUT2D eigenvalue weighted by Crippen LogP contribution is 2.34. The maximum absolute atomic E-state index is 11.6. The summed E-state index contributed by atoms with van der Waals surface area (Å²) in [7, 11) is -3.48. The molecule has 0 atom stereocenters. The van der Waals surface area contributed by atoms with E-state index >= 15 is 0 Å². The number of sulfonamides is 1. The largest absolute Gasteiger partial charge is 0.382 e. The lowest BCUT2D eigenvalue weighted by Crippen LogP contribution is -2.24. The molecule has 1 heterocycles. The third-order valence-electron chi connectivity index (χ3n) is 2.92. The monoisotopic (exact) mass is 304 g/mol. The first-order valence-corrected chi connectivity index (χ1v) is 8.41. The smallest absolute Gasteiger partial charge is 0.259 e. The second-order valence-corrected chi connectivity index (χ2v) is 7.16. The molecule has 0 saturated heterocycles. The van der Waals surface area contributed by atoms with Crippen LogP contribution in [-0.4, -0.2) is 14.3 Å². The van der Waals surface area contributed by atoms with Gasteiger partial charge in [-0.25, -0.2) is 8.42 Å². The Morgan fingerprint density at radius 2 is 1.80 bits per heavy atom. The molecule has 102 valence electrons. The van der Waals surface area contributed by atoms with Crippen LogP contribution in [0.4, 0.5) is 0 Å². The molecule has 0 bridgehead atoms. The SMILES string of the molecule is NC1=NS(=O)(=O)Cc2cccc(Sc3ccccc3)c21. The molecule has 0 aliphatic carbocycles. The molecule has 2 N–H and O–H groups in total. The molecular formula is C14H12N2O2S2. The number of rotatable bonds is 2. The number of amidine groups is 1. The number of fused-ring (bicyclic) bond motifs is 1. The minimum absolute atomic E-state index is 0.0743. The summed E-state index contributed by atoms with van der Waals surface area (Å²) in [6.07, 6.45) is 0. The summed E-state index contributed by atoms with van der Waals surface area (Å²) in [5, 5.41) is 0. The Hall–Kier alpha value is -1.79. The highest BCUT2D eigenvalue weighted by Gasteiger charge is 2.24. The van der Waals surface area contributed by atoms with Crippen molar-refractivity contribution in [2.45, 2.75) is 15.5 Å². The topological polar surface area (TPSA) is 72.5 Å². The van der Waals surface area contributed by atoms with E-state index in [0.29, 0.717) is 5.56 Å². The lowest BCUT2D eigenvalue weighted by atomic mass is 10.1. The van der Waals surface area contributed by atoms with Crippen LogP contribution in [0.1, 0.15) is 11.1 Å². The van der Waals surface area contributed by atoms with Crippen LogP contribution in [0, 0.1) is 0 Å². The number of benzene rings is 2. The molecule has 0 radical (unpaired) electrons. The molecule has 2 aromatic rings. The van der Waals surface area contributed by atoms with Crippen molar-refractivity contribution in [2.24, 2.45) is 10.1 Å². The highest BCUT2D eigenvalue weighted by atomic mass is 32.2. The molecular weight excluding hydrogens is 292 g/mol. The van der Waals surface area contributed by atoms with Crippen molar-refractivity contribution < 1.29 is 8.42 Å². The molecule has 0 amide bonds.